The van der Waals surface area contributed by atoms with Crippen LogP contribution >= 0.6 is 0 Å². The molecule has 0 unspecified atom stereocenters. The van der Waals surface area contributed by atoms with Crippen LogP contribution in [0.15, 0.2) is 24.3 Å². The maximum atomic E-state index is 2.24. The maximum absolute atomic E-state index is 2.24. The Labute approximate surface area is 97.5 Å². The Kier molecular flexibility index (Phi) is 21.5. The molecular weight excluding hydrogens is 180 g/mol. The van der Waals surface area contributed by atoms with Gasteiger partial charge in [0.15, 0.2) is 0 Å². The molecule has 0 aromatic rings. The van der Waals surface area contributed by atoms with Crippen LogP contribution in [0.2, 0.25) is 0 Å². The fourth-order valence-corrected chi connectivity index (χ4v) is 1.13. The number of rotatable bonds is 7. The zero-order chi connectivity index (χ0) is 11.8. The summed E-state index contributed by atoms with van der Waals surface area (Å²) in [6.45, 7) is 8.66. The fourth-order valence-electron chi connectivity index (χ4n) is 1.13. The average molecular weight is 210 g/mol. The van der Waals surface area contributed by atoms with E-state index in [1.165, 1.54) is 44.9 Å². The summed E-state index contributed by atoms with van der Waals surface area (Å²) in [5.74, 6) is 0. The van der Waals surface area contributed by atoms with Crippen LogP contribution in [0, 0.1) is 0 Å². The van der Waals surface area contributed by atoms with Gasteiger partial charge in [-0.3, -0.25) is 0 Å². The van der Waals surface area contributed by atoms with Gasteiger partial charge in [0, 0.05) is 0 Å². The van der Waals surface area contributed by atoms with E-state index in [0.29, 0.717) is 0 Å². The van der Waals surface area contributed by atoms with Crippen LogP contribution < -0.4 is 0 Å². The third-order valence-corrected chi connectivity index (χ3v) is 2.07. The van der Waals surface area contributed by atoms with Crippen molar-refractivity contribution in [3.8, 4) is 0 Å². The Bertz CT molecular complexity index is 131. The molecule has 0 saturated carbocycles. The second-order valence-corrected chi connectivity index (χ2v) is 3.73. The van der Waals surface area contributed by atoms with Gasteiger partial charge >= 0.3 is 0 Å². The summed E-state index contributed by atoms with van der Waals surface area (Å²) in [5.41, 5.74) is 0. The van der Waals surface area contributed by atoms with Gasteiger partial charge in [-0.15, -0.1) is 0 Å². The van der Waals surface area contributed by atoms with Crippen molar-refractivity contribution in [2.75, 3.05) is 0 Å². The fraction of sp³-hybridized carbons (Fsp3) is 0.733. The first kappa shape index (κ1) is 16.9. The Morgan fingerprint density at radius 3 is 1.93 bits per heavy atom. The summed E-state index contributed by atoms with van der Waals surface area (Å²) < 4.78 is 0. The lowest BCUT2D eigenvalue weighted by atomic mass is 10.2. The molecule has 0 radical (unpaired) electrons. The third-order valence-electron chi connectivity index (χ3n) is 2.07. The molecule has 0 amide bonds. The van der Waals surface area contributed by atoms with Gasteiger partial charge in [0.2, 0.25) is 0 Å². The molecule has 0 nitrogen and oxygen atoms in total. The van der Waals surface area contributed by atoms with Crippen LogP contribution in [0.5, 0.6) is 0 Å². The lowest BCUT2D eigenvalue weighted by molar-refractivity contribution is 0.729. The summed E-state index contributed by atoms with van der Waals surface area (Å²) in [6.07, 6.45) is 17.8. The first-order valence-corrected chi connectivity index (χ1v) is 6.59. The lowest BCUT2D eigenvalue weighted by Crippen LogP contribution is -1.68. The lowest BCUT2D eigenvalue weighted by Gasteiger charge is -1.88. The second-order valence-electron chi connectivity index (χ2n) is 3.73. The quantitative estimate of drug-likeness (QED) is 0.363. The smallest absolute Gasteiger partial charge is 0.0351 e. The van der Waals surface area contributed by atoms with Crippen LogP contribution in [-0.2, 0) is 0 Å². The maximum Gasteiger partial charge on any atom is -0.0351 e. The molecule has 0 heteroatoms. The van der Waals surface area contributed by atoms with E-state index in [1.807, 2.05) is 0 Å². The van der Waals surface area contributed by atoms with Gasteiger partial charge < -0.3 is 0 Å². The predicted octanol–water partition coefficient (Wildman–Crippen LogP) is 5.90. The van der Waals surface area contributed by atoms with E-state index in [4.69, 9.17) is 0 Å². The highest BCUT2D eigenvalue weighted by Gasteiger charge is 1.78. The molecule has 0 atom stereocenters. The molecule has 0 bridgehead atoms. The van der Waals surface area contributed by atoms with Crippen LogP contribution in [0.4, 0.5) is 0 Å². The Morgan fingerprint density at radius 1 is 0.733 bits per heavy atom. The number of hydrogen-bond donors (Lipinski definition) is 0. The first-order valence-electron chi connectivity index (χ1n) is 6.59. The van der Waals surface area contributed by atoms with Crippen LogP contribution in [0.3, 0.4) is 0 Å². The van der Waals surface area contributed by atoms with E-state index in [0.717, 1.165) is 0 Å². The SMILES string of the molecule is CC=CCCCCC.CCC=CCCC. The van der Waals surface area contributed by atoms with Gasteiger partial charge in [-0.05, 0) is 32.6 Å². The Balaban J connectivity index is 0. The molecule has 0 heterocycles. The van der Waals surface area contributed by atoms with Gasteiger partial charge in [0.05, 0.1) is 0 Å². The van der Waals surface area contributed by atoms with Gasteiger partial charge in [-0.1, -0.05) is 64.3 Å². The zero-order valence-electron chi connectivity index (χ0n) is 11.3. The highest BCUT2D eigenvalue weighted by atomic mass is 13.8. The van der Waals surface area contributed by atoms with Gasteiger partial charge in [0.25, 0.3) is 0 Å². The van der Waals surface area contributed by atoms with Gasteiger partial charge in [0.1, 0.15) is 0 Å². The molecule has 0 rings (SSSR count). The van der Waals surface area contributed by atoms with E-state index >= 15 is 0 Å². The van der Waals surface area contributed by atoms with Crippen LogP contribution in [0.25, 0.3) is 0 Å². The average Bonchev–Trinajstić information content (AvgIpc) is 2.26. The highest BCUT2D eigenvalue weighted by Crippen LogP contribution is 1.98. The second kappa shape index (κ2) is 19.1. The minimum absolute atomic E-state index is 1.18. The molecule has 0 fully saturated rings. The molecule has 0 aromatic carbocycles. The van der Waals surface area contributed by atoms with Crippen molar-refractivity contribution in [1.29, 1.82) is 0 Å². The molecule has 0 aromatic heterocycles. The van der Waals surface area contributed by atoms with Gasteiger partial charge in [-0.25, -0.2) is 0 Å². The molecule has 0 N–H and O–H groups in total. The van der Waals surface area contributed by atoms with E-state index in [-0.39, 0.29) is 0 Å². The van der Waals surface area contributed by atoms with Crippen LogP contribution in [-0.4, -0.2) is 0 Å². The van der Waals surface area contributed by atoms with Crippen molar-refractivity contribution in [3.05, 3.63) is 24.3 Å². The summed E-state index contributed by atoms with van der Waals surface area (Å²) in [5, 5.41) is 0. The normalized spacial score (nSPS) is 10.7. The summed E-state index contributed by atoms with van der Waals surface area (Å²) >= 11 is 0. The van der Waals surface area contributed by atoms with Crippen molar-refractivity contribution in [2.45, 2.75) is 72.6 Å². The van der Waals surface area contributed by atoms with Crippen molar-refractivity contribution in [3.63, 3.8) is 0 Å². The molecule has 0 aliphatic rings. The largest absolute Gasteiger partial charge is 0.0917 e. The monoisotopic (exact) mass is 210 g/mol. The summed E-state index contributed by atoms with van der Waals surface area (Å²) in [6, 6.07) is 0. The van der Waals surface area contributed by atoms with E-state index < -0.39 is 0 Å². The highest BCUT2D eigenvalue weighted by molar-refractivity contribution is 4.78. The van der Waals surface area contributed by atoms with E-state index in [1.54, 1.807) is 0 Å². The standard InChI is InChI=1S/C8H16.C7H14/c1-3-5-7-8-6-4-2;1-3-5-7-6-4-2/h3,5H,4,6-8H2,1-2H3;5,7H,3-4,6H2,1-2H3. The summed E-state index contributed by atoms with van der Waals surface area (Å²) in [4.78, 5) is 0. The van der Waals surface area contributed by atoms with Crippen molar-refractivity contribution in [1.82, 2.24) is 0 Å². The Hall–Kier alpha value is -0.520. The Morgan fingerprint density at radius 2 is 1.47 bits per heavy atom. The topological polar surface area (TPSA) is 0 Å². The molecule has 15 heavy (non-hydrogen) atoms. The number of allylic oxidation sites excluding steroid dienone is 4. The van der Waals surface area contributed by atoms with Crippen molar-refractivity contribution < 1.29 is 0 Å². The van der Waals surface area contributed by atoms with E-state index in [2.05, 4.69) is 52.0 Å². The minimum atomic E-state index is 1.18. The molecule has 0 spiro atoms. The number of unbranched alkanes of at least 4 members (excludes halogenated alkanes) is 4. The van der Waals surface area contributed by atoms with Crippen molar-refractivity contribution in [2.24, 2.45) is 0 Å². The van der Waals surface area contributed by atoms with Gasteiger partial charge in [-0.2, -0.15) is 0 Å². The molecule has 0 aliphatic heterocycles. The zero-order valence-corrected chi connectivity index (χ0v) is 11.3. The molecule has 90 valence electrons. The predicted molar refractivity (Wildman–Crippen MR) is 73.3 cm³/mol. The van der Waals surface area contributed by atoms with E-state index in [9.17, 15) is 0 Å². The first-order chi connectivity index (χ1) is 7.33. The molecular formula is C15H30. The van der Waals surface area contributed by atoms with Crippen molar-refractivity contribution >= 4 is 0 Å². The minimum Gasteiger partial charge on any atom is -0.0917 e. The molecule has 0 saturated heterocycles. The third kappa shape index (κ3) is 24.7. The number of hydrogen-bond acceptors (Lipinski definition) is 0. The summed E-state index contributed by atoms with van der Waals surface area (Å²) in [7, 11) is 0. The molecule has 0 aliphatic carbocycles. The van der Waals surface area contributed by atoms with Crippen LogP contribution in [0.1, 0.15) is 72.6 Å².